The van der Waals surface area contributed by atoms with Crippen molar-refractivity contribution in [2.45, 2.75) is 12.5 Å². The van der Waals surface area contributed by atoms with Gasteiger partial charge in [0, 0.05) is 34.8 Å². The molecule has 1 heterocycles. The molecule has 6 rings (SSSR count). The summed E-state index contributed by atoms with van der Waals surface area (Å²) >= 11 is 0. The largest absolute Gasteiger partial charge is 0.497 e. The Morgan fingerprint density at radius 1 is 0.788 bits per heavy atom. The quantitative estimate of drug-likeness (QED) is 0.319. The van der Waals surface area contributed by atoms with E-state index >= 15 is 0 Å². The second kappa shape index (κ2) is 7.79. The van der Waals surface area contributed by atoms with Gasteiger partial charge in [-0.2, -0.15) is 0 Å². The average Bonchev–Trinajstić information content (AvgIpc) is 3.19. The van der Waals surface area contributed by atoms with E-state index in [1.165, 1.54) is 5.56 Å². The summed E-state index contributed by atoms with van der Waals surface area (Å²) in [5, 5.41) is 1.15. The molecule has 3 heteroatoms. The highest BCUT2D eigenvalue weighted by Crippen LogP contribution is 2.45. The molecule has 0 radical (unpaired) electrons. The van der Waals surface area contributed by atoms with E-state index in [2.05, 4.69) is 59.3 Å². The Labute approximate surface area is 192 Å². The van der Waals surface area contributed by atoms with Crippen molar-refractivity contribution in [1.29, 1.82) is 0 Å². The van der Waals surface area contributed by atoms with Crippen LogP contribution >= 0.6 is 0 Å². The van der Waals surface area contributed by atoms with Crippen molar-refractivity contribution in [3.05, 3.63) is 126 Å². The number of Topliss-reactive ketones (excluding diaryl/α,β-unsaturated/α-hetero) is 1. The zero-order valence-corrected chi connectivity index (χ0v) is 18.4. The molecular formula is C30H23NO2. The van der Waals surface area contributed by atoms with Crippen LogP contribution in [0.15, 0.2) is 103 Å². The van der Waals surface area contributed by atoms with E-state index in [4.69, 9.17) is 4.74 Å². The third-order valence-corrected chi connectivity index (χ3v) is 6.62. The summed E-state index contributed by atoms with van der Waals surface area (Å²) in [7, 11) is 1.66. The molecule has 0 aliphatic heterocycles. The summed E-state index contributed by atoms with van der Waals surface area (Å²) in [6.45, 7) is 0.779. The van der Waals surface area contributed by atoms with Crippen LogP contribution in [0.2, 0.25) is 0 Å². The Balaban J connectivity index is 1.64. The van der Waals surface area contributed by atoms with Gasteiger partial charge in [0.15, 0.2) is 5.78 Å². The average molecular weight is 430 g/mol. The smallest absolute Gasteiger partial charge is 0.175 e. The van der Waals surface area contributed by atoms with Gasteiger partial charge < -0.3 is 9.30 Å². The molecule has 0 N–H and O–H groups in total. The number of benzene rings is 4. The monoisotopic (exact) mass is 429 g/mol. The van der Waals surface area contributed by atoms with Crippen LogP contribution in [-0.2, 0) is 6.54 Å². The number of carbonyl (C=O) groups excluding carboxylic acids is 1. The van der Waals surface area contributed by atoms with Crippen LogP contribution < -0.4 is 4.74 Å². The lowest BCUT2D eigenvalue weighted by Gasteiger charge is -2.18. The van der Waals surface area contributed by atoms with Gasteiger partial charge >= 0.3 is 0 Å². The van der Waals surface area contributed by atoms with Crippen molar-refractivity contribution < 1.29 is 9.53 Å². The molecule has 3 nitrogen and oxygen atoms in total. The Morgan fingerprint density at radius 2 is 1.55 bits per heavy atom. The van der Waals surface area contributed by atoms with E-state index in [1.807, 2.05) is 48.5 Å². The van der Waals surface area contributed by atoms with Crippen molar-refractivity contribution in [2.75, 3.05) is 7.11 Å². The molecule has 1 unspecified atom stereocenters. The molecule has 0 saturated heterocycles. The molecule has 0 amide bonds. The molecule has 160 valence electrons. The molecule has 1 aliphatic rings. The van der Waals surface area contributed by atoms with Gasteiger partial charge in [-0.1, -0.05) is 78.9 Å². The van der Waals surface area contributed by atoms with Crippen LogP contribution in [0.5, 0.6) is 5.75 Å². The molecule has 1 atom stereocenters. The minimum Gasteiger partial charge on any atom is -0.497 e. The van der Waals surface area contributed by atoms with Crippen LogP contribution in [0.1, 0.15) is 33.0 Å². The number of ketones is 1. The van der Waals surface area contributed by atoms with Gasteiger partial charge in [0.05, 0.1) is 13.0 Å². The first-order valence-corrected chi connectivity index (χ1v) is 11.2. The van der Waals surface area contributed by atoms with E-state index in [0.29, 0.717) is 0 Å². The van der Waals surface area contributed by atoms with Crippen molar-refractivity contribution in [1.82, 2.24) is 4.57 Å². The first-order valence-electron chi connectivity index (χ1n) is 11.2. The zero-order chi connectivity index (χ0) is 22.4. The maximum absolute atomic E-state index is 14.0. The summed E-state index contributed by atoms with van der Waals surface area (Å²) in [6, 6.07) is 32.7. The normalized spacial score (nSPS) is 14.7. The van der Waals surface area contributed by atoms with E-state index in [1.54, 1.807) is 7.11 Å². The number of rotatable bonds is 4. The van der Waals surface area contributed by atoms with E-state index in [9.17, 15) is 4.79 Å². The third kappa shape index (κ3) is 3.16. The third-order valence-electron chi connectivity index (χ3n) is 6.62. The summed E-state index contributed by atoms with van der Waals surface area (Å²) in [5.74, 6) is 0.489. The predicted molar refractivity (Wildman–Crippen MR) is 132 cm³/mol. The molecule has 0 saturated carbocycles. The number of hydrogen-bond donors (Lipinski definition) is 0. The highest BCUT2D eigenvalue weighted by molar-refractivity contribution is 6.15. The van der Waals surface area contributed by atoms with Crippen LogP contribution in [0, 0.1) is 0 Å². The van der Waals surface area contributed by atoms with E-state index in [-0.39, 0.29) is 5.78 Å². The van der Waals surface area contributed by atoms with Gasteiger partial charge in [-0.25, -0.2) is 0 Å². The van der Waals surface area contributed by atoms with Crippen LogP contribution in [-0.4, -0.2) is 17.5 Å². The first-order chi connectivity index (χ1) is 16.2. The summed E-state index contributed by atoms with van der Waals surface area (Å²) < 4.78 is 7.78. The first kappa shape index (κ1) is 19.6. The molecule has 33 heavy (non-hydrogen) atoms. The molecule has 5 aromatic rings. The fourth-order valence-corrected chi connectivity index (χ4v) is 5.12. The Bertz CT molecular complexity index is 1500. The minimum absolute atomic E-state index is 0.122. The van der Waals surface area contributed by atoms with Crippen molar-refractivity contribution >= 4 is 16.7 Å². The van der Waals surface area contributed by atoms with Gasteiger partial charge in [-0.05, 0) is 40.5 Å². The molecule has 4 aromatic carbocycles. The lowest BCUT2D eigenvalue weighted by atomic mass is 9.84. The topological polar surface area (TPSA) is 31.2 Å². The van der Waals surface area contributed by atoms with Crippen LogP contribution in [0.25, 0.3) is 22.0 Å². The maximum atomic E-state index is 14.0. The molecule has 0 spiro atoms. The Kier molecular flexibility index (Phi) is 4.62. The molecule has 0 fully saturated rings. The number of nitrogens with zero attached hydrogens (tertiary/aromatic N) is 1. The molecular weight excluding hydrogens is 406 g/mol. The van der Waals surface area contributed by atoms with Gasteiger partial charge in [-0.15, -0.1) is 0 Å². The van der Waals surface area contributed by atoms with Gasteiger partial charge in [-0.3, -0.25) is 4.79 Å². The second-order valence-electron chi connectivity index (χ2n) is 8.52. The second-order valence-corrected chi connectivity index (χ2v) is 8.52. The fraction of sp³-hybridized carbons (Fsp3) is 0.100. The van der Waals surface area contributed by atoms with E-state index < -0.39 is 5.92 Å². The lowest BCUT2D eigenvalue weighted by molar-refractivity contribution is 0.0975. The number of ether oxygens (including phenoxy) is 1. The number of aromatic nitrogens is 1. The predicted octanol–water partition coefficient (Wildman–Crippen LogP) is 6.69. The standard InChI is InChI=1S/C30H23NO2/c1-33-22-12-7-11-21(17-22)28-25-15-8-16-27-29(25)26(23-13-5-6-14-24(23)30(28)32)19-31(27)18-20-9-3-2-4-10-20/h2-17,19,28H,18H2,1H3. The summed E-state index contributed by atoms with van der Waals surface area (Å²) in [6.07, 6.45) is 2.21. The van der Waals surface area contributed by atoms with Crippen molar-refractivity contribution in [3.63, 3.8) is 0 Å². The van der Waals surface area contributed by atoms with Crippen molar-refractivity contribution in [3.8, 4) is 16.9 Å². The number of hydrogen-bond acceptors (Lipinski definition) is 2. The maximum Gasteiger partial charge on any atom is 0.175 e. The number of carbonyl (C=O) groups is 1. The SMILES string of the molecule is COc1cccc(C2C(=O)c3ccccc3-c3cn(Cc4ccccc4)c4cccc2c34)c1. The number of fused-ring (bicyclic) bond motifs is 2. The molecule has 1 aliphatic carbocycles. The van der Waals surface area contributed by atoms with Gasteiger partial charge in [0.25, 0.3) is 0 Å². The van der Waals surface area contributed by atoms with Gasteiger partial charge in [0.1, 0.15) is 5.75 Å². The summed E-state index contributed by atoms with van der Waals surface area (Å²) in [4.78, 5) is 14.0. The van der Waals surface area contributed by atoms with Crippen molar-refractivity contribution in [2.24, 2.45) is 0 Å². The molecule has 0 bridgehead atoms. The van der Waals surface area contributed by atoms with Crippen LogP contribution in [0.3, 0.4) is 0 Å². The Morgan fingerprint density at radius 3 is 2.36 bits per heavy atom. The lowest BCUT2D eigenvalue weighted by Crippen LogP contribution is -2.14. The van der Waals surface area contributed by atoms with E-state index in [0.717, 1.165) is 51.0 Å². The minimum atomic E-state index is -0.390. The number of methoxy groups -OCH3 is 1. The van der Waals surface area contributed by atoms with Gasteiger partial charge in [0.2, 0.25) is 0 Å². The molecule has 1 aromatic heterocycles. The fourth-order valence-electron chi connectivity index (χ4n) is 5.12. The van der Waals surface area contributed by atoms with Crippen LogP contribution in [0.4, 0.5) is 0 Å². The summed E-state index contributed by atoms with van der Waals surface area (Å²) in [5.41, 5.74) is 7.26. The Hall–Kier alpha value is -4.11. The zero-order valence-electron chi connectivity index (χ0n) is 18.4. The highest BCUT2D eigenvalue weighted by Gasteiger charge is 2.33. The highest BCUT2D eigenvalue weighted by atomic mass is 16.5.